The Morgan fingerprint density at radius 2 is 2.23 bits per heavy atom. The van der Waals surface area contributed by atoms with Crippen molar-refractivity contribution in [1.82, 2.24) is 0 Å². The zero-order chi connectivity index (χ0) is 9.73. The summed E-state index contributed by atoms with van der Waals surface area (Å²) < 4.78 is 10.9. The molecule has 0 saturated heterocycles. The summed E-state index contributed by atoms with van der Waals surface area (Å²) in [6, 6.07) is 0. The van der Waals surface area contributed by atoms with Gasteiger partial charge < -0.3 is 9.46 Å². The minimum atomic E-state index is -1.72. The molecule has 0 aromatic rings. The molecular weight excluding hydrogens is 202 g/mol. The largest absolute Gasteiger partial charge is 0.631 e. The summed E-state index contributed by atoms with van der Waals surface area (Å²) in [5.74, 6) is 3.77. The first-order chi connectivity index (χ1) is 6.10. The third-order valence-electron chi connectivity index (χ3n) is 2.08. The Morgan fingerprint density at radius 3 is 2.38 bits per heavy atom. The van der Waals surface area contributed by atoms with Crippen molar-refractivity contribution in [3.8, 4) is 0 Å². The minimum absolute atomic E-state index is 0.840. The van der Waals surface area contributed by atoms with Gasteiger partial charge in [0.15, 0.2) is 0 Å². The van der Waals surface area contributed by atoms with E-state index in [1.165, 1.54) is 0 Å². The SMILES string of the molecule is CP1(=O)C=CCC1.[O-][P+]1=CCCC1. The highest BCUT2D eigenvalue weighted by atomic mass is 31.2. The molecule has 0 N–H and O–H groups in total. The highest BCUT2D eigenvalue weighted by Crippen LogP contribution is 2.47. The Hall–Kier alpha value is 0.1000. The van der Waals surface area contributed by atoms with Crippen molar-refractivity contribution in [3.63, 3.8) is 0 Å². The van der Waals surface area contributed by atoms with Crippen LogP contribution in [-0.2, 0) is 4.57 Å². The lowest BCUT2D eigenvalue weighted by Crippen LogP contribution is -1.85. The van der Waals surface area contributed by atoms with Crippen LogP contribution < -0.4 is 4.89 Å². The van der Waals surface area contributed by atoms with Crippen LogP contribution in [0.1, 0.15) is 19.3 Å². The summed E-state index contributed by atoms with van der Waals surface area (Å²) in [6.07, 6.45) is 7.08. The molecule has 0 fully saturated rings. The molecule has 0 amide bonds. The highest BCUT2D eigenvalue weighted by molar-refractivity contribution is 7.66. The van der Waals surface area contributed by atoms with Crippen LogP contribution in [0.3, 0.4) is 0 Å². The molecule has 2 heterocycles. The van der Waals surface area contributed by atoms with Gasteiger partial charge in [-0.2, -0.15) is 0 Å². The van der Waals surface area contributed by atoms with Crippen molar-refractivity contribution in [3.05, 3.63) is 11.9 Å². The van der Waals surface area contributed by atoms with Crippen LogP contribution in [0.2, 0.25) is 0 Å². The van der Waals surface area contributed by atoms with E-state index in [1.54, 1.807) is 0 Å². The molecule has 2 nitrogen and oxygen atoms in total. The summed E-state index contributed by atoms with van der Waals surface area (Å²) >= 11 is 0. The van der Waals surface area contributed by atoms with Crippen LogP contribution in [0.5, 0.6) is 0 Å². The quantitative estimate of drug-likeness (QED) is 0.585. The molecule has 2 atom stereocenters. The van der Waals surface area contributed by atoms with Gasteiger partial charge in [0.05, 0.1) is 5.80 Å². The van der Waals surface area contributed by atoms with E-state index in [0.717, 1.165) is 31.6 Å². The van der Waals surface area contributed by atoms with Crippen LogP contribution in [-0.4, -0.2) is 24.8 Å². The fourth-order valence-electron chi connectivity index (χ4n) is 1.28. The molecule has 2 aliphatic rings. The fourth-order valence-corrected chi connectivity index (χ4v) is 3.83. The van der Waals surface area contributed by atoms with Gasteiger partial charge in [-0.3, -0.25) is 0 Å². The molecule has 0 radical (unpaired) electrons. The van der Waals surface area contributed by atoms with Crippen molar-refractivity contribution in [1.29, 1.82) is 0 Å². The van der Waals surface area contributed by atoms with E-state index in [-0.39, 0.29) is 0 Å². The van der Waals surface area contributed by atoms with E-state index in [4.69, 9.17) is 0 Å². The van der Waals surface area contributed by atoms with Crippen molar-refractivity contribution >= 4 is 20.7 Å². The molecule has 0 spiro atoms. The highest BCUT2D eigenvalue weighted by Gasteiger charge is 2.13. The number of rotatable bonds is 0. The van der Waals surface area contributed by atoms with Gasteiger partial charge in [-0.05, 0) is 25.3 Å². The molecule has 0 aromatic heterocycles. The maximum atomic E-state index is 10.9. The monoisotopic (exact) mass is 218 g/mol. The maximum Gasteiger partial charge on any atom is 0.105 e. The number of allylic oxidation sites excluding steroid dienone is 1. The molecule has 2 rings (SSSR count). The summed E-state index contributed by atoms with van der Waals surface area (Å²) in [7, 11) is -2.56. The number of hydrogen-bond acceptors (Lipinski definition) is 2. The Balaban J connectivity index is 0.000000132. The Morgan fingerprint density at radius 1 is 1.46 bits per heavy atom. The van der Waals surface area contributed by atoms with E-state index in [9.17, 15) is 9.46 Å². The van der Waals surface area contributed by atoms with Gasteiger partial charge in [0.25, 0.3) is 0 Å². The van der Waals surface area contributed by atoms with Gasteiger partial charge >= 0.3 is 0 Å². The second-order valence-electron chi connectivity index (χ2n) is 3.54. The Kier molecular flexibility index (Phi) is 4.38. The minimum Gasteiger partial charge on any atom is -0.631 e. The van der Waals surface area contributed by atoms with Crippen LogP contribution in [0, 0.1) is 0 Å². The zero-order valence-electron chi connectivity index (χ0n) is 7.98. The smallest absolute Gasteiger partial charge is 0.105 e. The second kappa shape index (κ2) is 5.10. The molecule has 0 aliphatic carbocycles. The molecule has 13 heavy (non-hydrogen) atoms. The zero-order valence-corrected chi connectivity index (χ0v) is 9.77. The third kappa shape index (κ3) is 4.76. The van der Waals surface area contributed by atoms with Crippen molar-refractivity contribution in [2.24, 2.45) is 0 Å². The molecule has 74 valence electrons. The van der Waals surface area contributed by atoms with Crippen LogP contribution in [0.15, 0.2) is 11.9 Å². The predicted octanol–water partition coefficient (Wildman–Crippen LogP) is 2.24. The van der Waals surface area contributed by atoms with Crippen LogP contribution in [0.25, 0.3) is 0 Å². The number of hydrogen-bond donors (Lipinski definition) is 0. The van der Waals surface area contributed by atoms with Gasteiger partial charge in [0, 0.05) is 20.4 Å². The summed E-state index contributed by atoms with van der Waals surface area (Å²) in [5.41, 5.74) is 0. The van der Waals surface area contributed by atoms with Gasteiger partial charge in [0.2, 0.25) is 0 Å². The van der Waals surface area contributed by atoms with Gasteiger partial charge in [0.1, 0.15) is 13.3 Å². The first-order valence-electron chi connectivity index (χ1n) is 4.61. The lowest BCUT2D eigenvalue weighted by Gasteiger charge is -1.94. The fraction of sp³-hybridized carbons (Fsp3) is 0.667. The van der Waals surface area contributed by atoms with E-state index in [0.29, 0.717) is 0 Å². The molecule has 0 bridgehead atoms. The van der Waals surface area contributed by atoms with E-state index >= 15 is 0 Å². The lowest BCUT2D eigenvalue weighted by atomic mass is 10.4. The van der Waals surface area contributed by atoms with Crippen molar-refractivity contribution < 1.29 is 9.46 Å². The molecule has 2 aliphatic heterocycles. The average molecular weight is 218 g/mol. The van der Waals surface area contributed by atoms with Crippen LogP contribution >= 0.6 is 14.9 Å². The van der Waals surface area contributed by atoms with E-state index in [1.807, 2.05) is 24.4 Å². The van der Waals surface area contributed by atoms with Crippen molar-refractivity contribution in [2.75, 3.05) is 19.0 Å². The molecule has 2 unspecified atom stereocenters. The van der Waals surface area contributed by atoms with Crippen molar-refractivity contribution in [2.45, 2.75) is 19.3 Å². The standard InChI is InChI=1S/C5H9OP.C4H7OP/c1-7(6)4-2-3-5-7;5-6-3-1-2-4-6/h2,4H,3,5H2,1H3;3H,1-2,4H2. The summed E-state index contributed by atoms with van der Waals surface area (Å²) in [6.45, 7) is 1.83. The topological polar surface area (TPSA) is 40.1 Å². The van der Waals surface area contributed by atoms with Crippen LogP contribution in [0.4, 0.5) is 0 Å². The first kappa shape index (κ1) is 11.2. The average Bonchev–Trinajstić information content (AvgIpc) is 2.62. The normalized spacial score (nSPS) is 33.8. The lowest BCUT2D eigenvalue weighted by molar-refractivity contribution is -0.152. The molecule has 0 aromatic carbocycles. The molecule has 0 saturated carbocycles. The van der Waals surface area contributed by atoms with Gasteiger partial charge in [-0.1, -0.05) is 6.08 Å². The summed E-state index contributed by atoms with van der Waals surface area (Å²) in [4.78, 5) is 10.3. The Labute approximate surface area is 80.9 Å². The molecular formula is C9H16O2P2. The van der Waals surface area contributed by atoms with E-state index in [2.05, 4.69) is 0 Å². The predicted molar refractivity (Wildman–Crippen MR) is 59.2 cm³/mol. The van der Waals surface area contributed by atoms with Gasteiger partial charge in [-0.25, -0.2) is 0 Å². The second-order valence-corrected chi connectivity index (χ2v) is 8.28. The van der Waals surface area contributed by atoms with Gasteiger partial charge in [-0.15, -0.1) is 0 Å². The Bertz CT molecular complexity index is 269. The third-order valence-corrected chi connectivity index (χ3v) is 5.49. The maximum absolute atomic E-state index is 10.9. The summed E-state index contributed by atoms with van der Waals surface area (Å²) in [5, 5.41) is 0. The molecule has 4 heteroatoms. The first-order valence-corrected chi connectivity index (χ1v) is 8.53. The van der Waals surface area contributed by atoms with E-state index < -0.39 is 14.9 Å².